The van der Waals surface area contributed by atoms with Crippen molar-refractivity contribution in [1.82, 2.24) is 15.0 Å². The number of carbonyl (C=O) groups is 2. The summed E-state index contributed by atoms with van der Waals surface area (Å²) in [5.74, 6) is -0.669. The Bertz CT molecular complexity index is 1220. The van der Waals surface area contributed by atoms with Crippen molar-refractivity contribution in [2.75, 3.05) is 13.1 Å². The third-order valence-corrected chi connectivity index (χ3v) is 5.25. The first-order valence-corrected chi connectivity index (χ1v) is 10.8. The average Bonchev–Trinajstić information content (AvgIpc) is 3.54. The van der Waals surface area contributed by atoms with Gasteiger partial charge in [-0.2, -0.15) is 4.98 Å². The van der Waals surface area contributed by atoms with Crippen molar-refractivity contribution < 1.29 is 33.5 Å². The van der Waals surface area contributed by atoms with Crippen LogP contribution in [0.25, 0.3) is 11.6 Å². The molecular formula is C25H23N3O7. The Hall–Kier alpha value is -4.44. The summed E-state index contributed by atoms with van der Waals surface area (Å²) < 4.78 is 16.6. The number of nitrogens with zero attached hydrogens (tertiary/aromatic N) is 3. The third kappa shape index (κ3) is 6.55. The molecule has 10 nitrogen and oxygen atoms in total. The van der Waals surface area contributed by atoms with E-state index in [4.69, 9.17) is 33.5 Å². The number of carboxylic acids is 2. The molecule has 10 heteroatoms. The van der Waals surface area contributed by atoms with Gasteiger partial charge in [-0.1, -0.05) is 47.6 Å². The van der Waals surface area contributed by atoms with Crippen LogP contribution in [-0.2, 0) is 22.7 Å². The lowest BCUT2D eigenvalue weighted by Gasteiger charge is -2.37. The zero-order valence-corrected chi connectivity index (χ0v) is 18.6. The fraction of sp³-hybridized carbons (Fsp3) is 0.200. The lowest BCUT2D eigenvalue weighted by atomic mass is 9.99. The van der Waals surface area contributed by atoms with Crippen LogP contribution in [0, 0.1) is 0 Å². The first-order chi connectivity index (χ1) is 17.0. The van der Waals surface area contributed by atoms with E-state index in [0.29, 0.717) is 24.1 Å². The highest BCUT2D eigenvalue weighted by atomic mass is 16.5. The van der Waals surface area contributed by atoms with E-state index in [2.05, 4.69) is 39.3 Å². The summed E-state index contributed by atoms with van der Waals surface area (Å²) in [6, 6.07) is 22.1. The van der Waals surface area contributed by atoms with E-state index >= 15 is 0 Å². The number of furan rings is 1. The molecule has 0 bridgehead atoms. The Morgan fingerprint density at radius 2 is 1.66 bits per heavy atom. The monoisotopic (exact) mass is 477 g/mol. The normalized spacial score (nSPS) is 13.4. The summed E-state index contributed by atoms with van der Waals surface area (Å²) in [6.07, 6.45) is 1.61. The van der Waals surface area contributed by atoms with E-state index in [1.54, 1.807) is 6.26 Å². The van der Waals surface area contributed by atoms with E-state index in [9.17, 15) is 0 Å². The second-order valence-corrected chi connectivity index (χ2v) is 7.85. The zero-order chi connectivity index (χ0) is 24.6. The van der Waals surface area contributed by atoms with Crippen molar-refractivity contribution in [3.63, 3.8) is 0 Å². The molecule has 5 rings (SSSR count). The van der Waals surface area contributed by atoms with Gasteiger partial charge in [0.25, 0.3) is 0 Å². The van der Waals surface area contributed by atoms with Crippen LogP contribution >= 0.6 is 0 Å². The van der Waals surface area contributed by atoms with Gasteiger partial charge in [-0.25, -0.2) is 9.59 Å². The van der Waals surface area contributed by atoms with Gasteiger partial charge in [0, 0.05) is 19.6 Å². The molecule has 0 atom stereocenters. The molecule has 0 radical (unpaired) electrons. The van der Waals surface area contributed by atoms with E-state index in [0.717, 1.165) is 25.4 Å². The standard InChI is InChI=1S/C23H21N3O3.C2H2O4/c1-2-5-18(6-3-1)16-28-20-10-8-17(9-11-20)13-26-14-19(15-26)23-24-22(25-29-23)21-7-4-12-27-21;3-1(4)2(5)6/h1-12,19H,13-16H2;(H,3,4)(H,5,6). The average molecular weight is 477 g/mol. The summed E-state index contributed by atoms with van der Waals surface area (Å²) in [6.45, 7) is 3.30. The highest BCUT2D eigenvalue weighted by Gasteiger charge is 2.32. The second-order valence-electron chi connectivity index (χ2n) is 7.85. The number of benzene rings is 2. The van der Waals surface area contributed by atoms with Gasteiger partial charge < -0.3 is 23.9 Å². The second kappa shape index (κ2) is 11.1. The number of hydrogen-bond acceptors (Lipinski definition) is 8. The van der Waals surface area contributed by atoms with Crippen LogP contribution in [0.2, 0.25) is 0 Å². The smallest absolute Gasteiger partial charge is 0.414 e. The maximum absolute atomic E-state index is 9.10. The highest BCUT2D eigenvalue weighted by Crippen LogP contribution is 2.29. The topological polar surface area (TPSA) is 139 Å². The fourth-order valence-electron chi connectivity index (χ4n) is 3.45. The SMILES string of the molecule is O=C(O)C(=O)O.c1ccc(COc2ccc(CN3CC(c4nc(-c5ccco5)no4)C3)cc2)cc1. The molecule has 0 aliphatic carbocycles. The molecule has 2 N–H and O–H groups in total. The van der Waals surface area contributed by atoms with Crippen molar-refractivity contribution >= 4 is 11.9 Å². The molecule has 180 valence electrons. The molecule has 0 unspecified atom stereocenters. The minimum absolute atomic E-state index is 0.277. The van der Waals surface area contributed by atoms with Crippen LogP contribution in [0.15, 0.2) is 81.9 Å². The van der Waals surface area contributed by atoms with Gasteiger partial charge in [-0.15, -0.1) is 0 Å². The van der Waals surface area contributed by atoms with E-state index < -0.39 is 11.9 Å². The Labute approximate surface area is 200 Å². The number of hydrogen-bond donors (Lipinski definition) is 2. The molecule has 1 aliphatic heterocycles. The zero-order valence-electron chi connectivity index (χ0n) is 18.6. The first kappa shape index (κ1) is 23.7. The van der Waals surface area contributed by atoms with Crippen molar-refractivity contribution in [3.8, 4) is 17.3 Å². The summed E-state index contributed by atoms with van der Waals surface area (Å²) in [5, 5.41) is 18.8. The summed E-state index contributed by atoms with van der Waals surface area (Å²) in [7, 11) is 0. The van der Waals surface area contributed by atoms with Crippen molar-refractivity contribution in [2.45, 2.75) is 19.1 Å². The predicted octanol–water partition coefficient (Wildman–Crippen LogP) is 3.66. The van der Waals surface area contributed by atoms with Crippen molar-refractivity contribution in [2.24, 2.45) is 0 Å². The summed E-state index contributed by atoms with van der Waals surface area (Å²) in [4.78, 5) is 25.0. The minimum Gasteiger partial charge on any atom is -0.489 e. The van der Waals surface area contributed by atoms with Crippen LogP contribution in [0.1, 0.15) is 22.9 Å². The fourth-order valence-corrected chi connectivity index (χ4v) is 3.45. The van der Waals surface area contributed by atoms with Crippen LogP contribution in [0.5, 0.6) is 5.75 Å². The van der Waals surface area contributed by atoms with Crippen molar-refractivity contribution in [3.05, 3.63) is 90.0 Å². The van der Waals surface area contributed by atoms with Gasteiger partial charge in [0.15, 0.2) is 5.76 Å². The number of ether oxygens (including phenoxy) is 1. The first-order valence-electron chi connectivity index (χ1n) is 10.8. The molecule has 0 saturated carbocycles. The largest absolute Gasteiger partial charge is 0.489 e. The molecule has 1 aliphatic rings. The van der Waals surface area contributed by atoms with Gasteiger partial charge in [-0.05, 0) is 35.4 Å². The maximum Gasteiger partial charge on any atom is 0.414 e. The number of aromatic nitrogens is 2. The van der Waals surface area contributed by atoms with E-state index in [1.807, 2.05) is 42.5 Å². The molecular weight excluding hydrogens is 454 g/mol. The van der Waals surface area contributed by atoms with Gasteiger partial charge in [0.2, 0.25) is 11.7 Å². The van der Waals surface area contributed by atoms with Crippen LogP contribution in [0.3, 0.4) is 0 Å². The Kier molecular flexibility index (Phi) is 7.53. The molecule has 1 saturated heterocycles. The lowest BCUT2D eigenvalue weighted by Crippen LogP contribution is -2.44. The molecule has 0 spiro atoms. The number of rotatable bonds is 7. The van der Waals surface area contributed by atoms with Gasteiger partial charge in [-0.3, -0.25) is 4.90 Å². The number of likely N-dealkylation sites (tertiary alicyclic amines) is 1. The summed E-state index contributed by atoms with van der Waals surface area (Å²) in [5.41, 5.74) is 2.43. The number of carboxylic acid groups (broad SMARTS) is 2. The molecule has 3 heterocycles. The van der Waals surface area contributed by atoms with Gasteiger partial charge in [0.1, 0.15) is 12.4 Å². The van der Waals surface area contributed by atoms with Crippen LogP contribution < -0.4 is 4.74 Å². The Morgan fingerprint density at radius 3 is 2.29 bits per heavy atom. The Balaban J connectivity index is 0.000000431. The number of aliphatic carboxylic acids is 2. The molecule has 2 aromatic heterocycles. The van der Waals surface area contributed by atoms with Crippen LogP contribution in [-0.4, -0.2) is 50.3 Å². The van der Waals surface area contributed by atoms with E-state index in [-0.39, 0.29) is 5.92 Å². The van der Waals surface area contributed by atoms with E-state index in [1.165, 1.54) is 11.1 Å². The quantitative estimate of drug-likeness (QED) is 0.379. The molecule has 1 fully saturated rings. The third-order valence-electron chi connectivity index (χ3n) is 5.25. The predicted molar refractivity (Wildman–Crippen MR) is 123 cm³/mol. The minimum atomic E-state index is -1.82. The molecule has 0 amide bonds. The molecule has 35 heavy (non-hydrogen) atoms. The maximum atomic E-state index is 9.10. The van der Waals surface area contributed by atoms with Crippen LogP contribution in [0.4, 0.5) is 0 Å². The van der Waals surface area contributed by atoms with Gasteiger partial charge >= 0.3 is 11.9 Å². The Morgan fingerprint density at radius 1 is 0.943 bits per heavy atom. The lowest BCUT2D eigenvalue weighted by molar-refractivity contribution is -0.159. The highest BCUT2D eigenvalue weighted by molar-refractivity contribution is 6.27. The molecule has 4 aromatic rings. The molecule has 2 aromatic carbocycles. The summed E-state index contributed by atoms with van der Waals surface area (Å²) >= 11 is 0. The van der Waals surface area contributed by atoms with Gasteiger partial charge in [0.05, 0.1) is 12.2 Å². The van der Waals surface area contributed by atoms with Crippen molar-refractivity contribution in [1.29, 1.82) is 0 Å².